The molecule has 0 spiro atoms. The molecule has 0 aliphatic carbocycles. The standard InChI is InChI=1S/C16H15BrN4O3S/c1-7-5-8(17)3-4-10(7)18-14(23)9-6-11(22)19-13-12(9)15(24)21-16(20-13)25-2/h3-5,9H,6H2,1-2H3,(H,18,23)(H2,19,20,21,22,24)/t9-/m1/s1. The third kappa shape index (κ3) is 3.62. The summed E-state index contributed by atoms with van der Waals surface area (Å²) in [6.45, 7) is 1.86. The van der Waals surface area contributed by atoms with Gasteiger partial charge in [0.1, 0.15) is 5.82 Å². The monoisotopic (exact) mass is 422 g/mol. The Morgan fingerprint density at radius 1 is 1.40 bits per heavy atom. The number of anilines is 2. The first-order valence-corrected chi connectivity index (χ1v) is 9.46. The third-order valence-corrected chi connectivity index (χ3v) is 4.96. The number of nitrogens with zero attached hydrogens (tertiary/aromatic N) is 1. The number of aromatic nitrogens is 2. The van der Waals surface area contributed by atoms with Crippen LogP contribution in [0.15, 0.2) is 32.6 Å². The molecular weight excluding hydrogens is 408 g/mol. The van der Waals surface area contributed by atoms with E-state index in [1.807, 2.05) is 19.1 Å². The summed E-state index contributed by atoms with van der Waals surface area (Å²) in [5.41, 5.74) is 1.27. The molecule has 0 radical (unpaired) electrons. The van der Waals surface area contributed by atoms with Gasteiger partial charge in [-0.25, -0.2) is 4.98 Å². The number of nitrogens with one attached hydrogen (secondary N) is 3. The zero-order valence-corrected chi connectivity index (χ0v) is 15.9. The molecule has 1 aromatic carbocycles. The van der Waals surface area contributed by atoms with Gasteiger partial charge in [0, 0.05) is 16.6 Å². The van der Waals surface area contributed by atoms with Crippen molar-refractivity contribution in [3.8, 4) is 0 Å². The van der Waals surface area contributed by atoms with E-state index in [0.29, 0.717) is 10.8 Å². The molecule has 3 rings (SSSR count). The Morgan fingerprint density at radius 2 is 2.16 bits per heavy atom. The lowest BCUT2D eigenvalue weighted by Crippen LogP contribution is -2.36. The molecule has 0 saturated carbocycles. The smallest absolute Gasteiger partial charge is 0.257 e. The minimum atomic E-state index is -0.890. The maximum atomic E-state index is 12.7. The van der Waals surface area contributed by atoms with Crippen LogP contribution in [0.2, 0.25) is 0 Å². The molecule has 2 aromatic rings. The number of fused-ring (bicyclic) bond motifs is 1. The van der Waals surface area contributed by atoms with Crippen LogP contribution in [0.3, 0.4) is 0 Å². The summed E-state index contributed by atoms with van der Waals surface area (Å²) in [6, 6.07) is 5.44. The summed E-state index contributed by atoms with van der Waals surface area (Å²) in [5, 5.41) is 5.76. The molecule has 1 aliphatic rings. The van der Waals surface area contributed by atoms with Gasteiger partial charge in [-0.1, -0.05) is 27.7 Å². The molecule has 0 saturated heterocycles. The van der Waals surface area contributed by atoms with Gasteiger partial charge >= 0.3 is 0 Å². The minimum absolute atomic E-state index is 0.0994. The maximum absolute atomic E-state index is 12.7. The molecule has 2 amide bonds. The highest BCUT2D eigenvalue weighted by molar-refractivity contribution is 9.10. The summed E-state index contributed by atoms with van der Waals surface area (Å²) >= 11 is 4.62. The van der Waals surface area contributed by atoms with E-state index in [1.54, 1.807) is 12.3 Å². The average Bonchev–Trinajstić information content (AvgIpc) is 2.55. The summed E-state index contributed by atoms with van der Waals surface area (Å²) in [7, 11) is 0. The van der Waals surface area contributed by atoms with Gasteiger partial charge in [0.15, 0.2) is 5.16 Å². The van der Waals surface area contributed by atoms with Gasteiger partial charge < -0.3 is 15.6 Å². The zero-order valence-electron chi connectivity index (χ0n) is 13.5. The van der Waals surface area contributed by atoms with E-state index in [9.17, 15) is 14.4 Å². The number of aryl methyl sites for hydroxylation is 1. The first-order chi connectivity index (χ1) is 11.9. The Morgan fingerprint density at radius 3 is 2.84 bits per heavy atom. The van der Waals surface area contributed by atoms with E-state index in [-0.39, 0.29) is 23.7 Å². The van der Waals surface area contributed by atoms with Crippen molar-refractivity contribution in [1.82, 2.24) is 9.97 Å². The van der Waals surface area contributed by atoms with Crippen LogP contribution in [-0.2, 0) is 9.59 Å². The van der Waals surface area contributed by atoms with Crippen molar-refractivity contribution in [2.75, 3.05) is 16.9 Å². The van der Waals surface area contributed by atoms with Gasteiger partial charge in [0.05, 0.1) is 11.5 Å². The number of hydrogen-bond donors (Lipinski definition) is 3. The fourth-order valence-corrected chi connectivity index (χ4v) is 3.51. The number of rotatable bonds is 3. The van der Waals surface area contributed by atoms with Crippen molar-refractivity contribution in [3.63, 3.8) is 0 Å². The summed E-state index contributed by atoms with van der Waals surface area (Å²) in [4.78, 5) is 43.9. The van der Waals surface area contributed by atoms with Crippen molar-refractivity contribution >= 4 is 51.0 Å². The maximum Gasteiger partial charge on any atom is 0.257 e. The van der Waals surface area contributed by atoms with Crippen LogP contribution < -0.4 is 16.2 Å². The predicted molar refractivity (Wildman–Crippen MR) is 100 cm³/mol. The number of thioether (sulfide) groups is 1. The van der Waals surface area contributed by atoms with Crippen molar-refractivity contribution in [3.05, 3.63) is 44.2 Å². The van der Waals surface area contributed by atoms with Crippen LogP contribution in [0.4, 0.5) is 11.5 Å². The van der Waals surface area contributed by atoms with Crippen molar-refractivity contribution in [1.29, 1.82) is 0 Å². The lowest BCUT2D eigenvalue weighted by molar-refractivity contribution is -0.123. The summed E-state index contributed by atoms with van der Waals surface area (Å²) in [6.07, 6.45) is 1.66. The minimum Gasteiger partial charge on any atom is -0.325 e. The van der Waals surface area contributed by atoms with Crippen LogP contribution in [0, 0.1) is 6.92 Å². The fraction of sp³-hybridized carbons (Fsp3) is 0.250. The normalized spacial score (nSPS) is 16.1. The number of halogens is 1. The number of carbonyl (C=O) groups excluding carboxylic acids is 2. The third-order valence-electron chi connectivity index (χ3n) is 3.89. The van der Waals surface area contributed by atoms with E-state index in [4.69, 9.17) is 0 Å². The molecule has 0 bridgehead atoms. The fourth-order valence-electron chi connectivity index (χ4n) is 2.66. The number of hydrogen-bond acceptors (Lipinski definition) is 5. The van der Waals surface area contributed by atoms with Crippen molar-refractivity contribution in [2.45, 2.75) is 24.4 Å². The molecule has 9 heteroatoms. The zero-order chi connectivity index (χ0) is 18.1. The molecule has 7 nitrogen and oxygen atoms in total. The molecule has 25 heavy (non-hydrogen) atoms. The Kier molecular flexibility index (Phi) is 4.96. The number of amides is 2. The largest absolute Gasteiger partial charge is 0.325 e. The number of carbonyl (C=O) groups is 2. The SMILES string of the molecule is CSc1nc2c(c(=O)[nH]1)[C@H](C(=O)Nc1ccc(Br)cc1C)CC(=O)N2. The summed E-state index contributed by atoms with van der Waals surface area (Å²) < 4.78 is 0.899. The van der Waals surface area contributed by atoms with Gasteiger partial charge in [0.25, 0.3) is 5.56 Å². The Labute approximate surface area is 156 Å². The van der Waals surface area contributed by atoms with Gasteiger partial charge in [-0.2, -0.15) is 0 Å². The van der Waals surface area contributed by atoms with Gasteiger partial charge in [-0.3, -0.25) is 14.4 Å². The molecular formula is C16H15BrN4O3S. The second-order valence-corrected chi connectivity index (χ2v) is 7.30. The predicted octanol–water partition coefficient (Wildman–Crippen LogP) is 2.63. The van der Waals surface area contributed by atoms with E-state index in [2.05, 4.69) is 36.5 Å². The highest BCUT2D eigenvalue weighted by Gasteiger charge is 2.34. The van der Waals surface area contributed by atoms with Crippen LogP contribution >= 0.6 is 27.7 Å². The van der Waals surface area contributed by atoms with E-state index >= 15 is 0 Å². The van der Waals surface area contributed by atoms with Crippen LogP contribution in [0.1, 0.15) is 23.5 Å². The lowest BCUT2D eigenvalue weighted by Gasteiger charge is -2.23. The molecule has 1 aromatic heterocycles. The van der Waals surface area contributed by atoms with E-state index < -0.39 is 17.4 Å². The Balaban J connectivity index is 1.96. The number of H-pyrrole nitrogens is 1. The molecule has 3 N–H and O–H groups in total. The Bertz CT molecular complexity index is 928. The lowest BCUT2D eigenvalue weighted by atomic mass is 9.92. The van der Waals surface area contributed by atoms with E-state index in [0.717, 1.165) is 10.0 Å². The van der Waals surface area contributed by atoms with Gasteiger partial charge in [-0.05, 0) is 36.9 Å². The average molecular weight is 423 g/mol. The molecule has 1 aliphatic heterocycles. The van der Waals surface area contributed by atoms with Crippen LogP contribution in [0.25, 0.3) is 0 Å². The topological polar surface area (TPSA) is 104 Å². The molecule has 130 valence electrons. The second-order valence-electron chi connectivity index (χ2n) is 5.59. The van der Waals surface area contributed by atoms with Crippen LogP contribution in [0.5, 0.6) is 0 Å². The van der Waals surface area contributed by atoms with E-state index in [1.165, 1.54) is 11.8 Å². The molecule has 1 atom stereocenters. The Hall–Kier alpha value is -2.13. The molecule has 0 unspecified atom stereocenters. The number of aromatic amines is 1. The quantitative estimate of drug-likeness (QED) is 0.520. The van der Waals surface area contributed by atoms with Gasteiger partial charge in [-0.15, -0.1) is 0 Å². The summed E-state index contributed by atoms with van der Waals surface area (Å²) in [5.74, 6) is -1.49. The number of benzene rings is 1. The molecule has 2 heterocycles. The molecule has 0 fully saturated rings. The highest BCUT2D eigenvalue weighted by Crippen LogP contribution is 2.30. The first-order valence-electron chi connectivity index (χ1n) is 7.44. The second kappa shape index (κ2) is 7.01. The first kappa shape index (κ1) is 17.7. The van der Waals surface area contributed by atoms with Crippen molar-refractivity contribution < 1.29 is 9.59 Å². The van der Waals surface area contributed by atoms with Gasteiger partial charge in [0.2, 0.25) is 11.8 Å². The van der Waals surface area contributed by atoms with Crippen LogP contribution in [-0.4, -0.2) is 28.0 Å². The van der Waals surface area contributed by atoms with Crippen molar-refractivity contribution in [2.24, 2.45) is 0 Å². The highest BCUT2D eigenvalue weighted by atomic mass is 79.9.